The van der Waals surface area contributed by atoms with Crippen molar-refractivity contribution in [2.75, 3.05) is 31.6 Å². The van der Waals surface area contributed by atoms with Crippen molar-refractivity contribution in [3.05, 3.63) is 53.1 Å². The number of aromatic nitrogens is 3. The Hall–Kier alpha value is -2.44. The number of aliphatic hydroxyl groups is 1. The number of anilines is 1. The van der Waals surface area contributed by atoms with Crippen LogP contribution in [0.5, 0.6) is 0 Å². The molecule has 2 aromatic heterocycles. The monoisotopic (exact) mass is 391 g/mol. The van der Waals surface area contributed by atoms with Crippen LogP contribution in [0.1, 0.15) is 41.9 Å². The van der Waals surface area contributed by atoms with E-state index >= 15 is 0 Å². The van der Waals surface area contributed by atoms with Crippen LogP contribution in [0.3, 0.4) is 0 Å². The number of hydrogen-bond donors (Lipinski definition) is 3. The van der Waals surface area contributed by atoms with E-state index in [1.807, 2.05) is 13.1 Å². The van der Waals surface area contributed by atoms with Gasteiger partial charge in [0.05, 0.1) is 12.3 Å². The molecule has 5 rings (SSSR count). The first-order valence-electron chi connectivity index (χ1n) is 10.7. The first-order chi connectivity index (χ1) is 14.2. The second-order valence-electron chi connectivity index (χ2n) is 8.55. The molecule has 152 valence electrons. The van der Waals surface area contributed by atoms with Gasteiger partial charge in [-0.15, -0.1) is 0 Å². The van der Waals surface area contributed by atoms with Crippen molar-refractivity contribution >= 4 is 16.7 Å². The fraction of sp³-hybridized carbons (Fsp3) is 0.478. The third kappa shape index (κ3) is 3.30. The molecule has 1 unspecified atom stereocenters. The lowest BCUT2D eigenvalue weighted by Crippen LogP contribution is -2.45. The third-order valence-corrected chi connectivity index (χ3v) is 6.61. The number of piperidine rings is 1. The smallest absolute Gasteiger partial charge is 0.133 e. The van der Waals surface area contributed by atoms with Crippen molar-refractivity contribution in [3.63, 3.8) is 0 Å². The maximum Gasteiger partial charge on any atom is 0.133 e. The Balaban J connectivity index is 1.43. The van der Waals surface area contributed by atoms with Gasteiger partial charge < -0.3 is 15.4 Å². The van der Waals surface area contributed by atoms with Gasteiger partial charge in [0.2, 0.25) is 0 Å². The number of nitrogens with zero attached hydrogens (tertiary/aromatic N) is 3. The summed E-state index contributed by atoms with van der Waals surface area (Å²) in [6.07, 6.45) is 6.58. The van der Waals surface area contributed by atoms with E-state index in [-0.39, 0.29) is 12.0 Å². The second-order valence-corrected chi connectivity index (χ2v) is 8.55. The van der Waals surface area contributed by atoms with E-state index in [1.165, 1.54) is 40.6 Å². The Morgan fingerprint density at radius 3 is 3.07 bits per heavy atom. The number of rotatable bonds is 5. The highest BCUT2D eigenvalue weighted by Crippen LogP contribution is 2.46. The van der Waals surface area contributed by atoms with E-state index in [1.54, 1.807) is 0 Å². The van der Waals surface area contributed by atoms with E-state index in [0.717, 1.165) is 44.1 Å². The lowest BCUT2D eigenvalue weighted by Gasteiger charge is -2.40. The molecule has 1 saturated heterocycles. The molecule has 0 amide bonds. The van der Waals surface area contributed by atoms with Crippen molar-refractivity contribution in [1.29, 1.82) is 0 Å². The summed E-state index contributed by atoms with van der Waals surface area (Å²) in [4.78, 5) is 15.5. The van der Waals surface area contributed by atoms with Crippen LogP contribution in [0.15, 0.2) is 30.5 Å². The Kier molecular flexibility index (Phi) is 4.76. The van der Waals surface area contributed by atoms with Crippen molar-refractivity contribution in [3.8, 4) is 0 Å². The van der Waals surface area contributed by atoms with Crippen molar-refractivity contribution < 1.29 is 5.11 Å². The number of aromatic amines is 1. The first kappa shape index (κ1) is 18.6. The van der Waals surface area contributed by atoms with Crippen LogP contribution < -0.4 is 5.32 Å². The van der Waals surface area contributed by atoms with Crippen molar-refractivity contribution in [2.45, 2.75) is 44.6 Å². The number of nitrogens with one attached hydrogen (secondary N) is 2. The van der Waals surface area contributed by atoms with Gasteiger partial charge in [-0.2, -0.15) is 0 Å². The van der Waals surface area contributed by atoms with E-state index in [4.69, 9.17) is 4.98 Å². The van der Waals surface area contributed by atoms with Crippen LogP contribution in [0.4, 0.5) is 5.82 Å². The molecule has 1 atom stereocenters. The highest BCUT2D eigenvalue weighted by molar-refractivity contribution is 5.82. The third-order valence-electron chi connectivity index (χ3n) is 6.61. The highest BCUT2D eigenvalue weighted by Gasteiger charge is 2.44. The number of fused-ring (bicyclic) bond motifs is 3. The molecule has 3 heterocycles. The van der Waals surface area contributed by atoms with Crippen LogP contribution in [0.2, 0.25) is 0 Å². The Labute approximate surface area is 171 Å². The van der Waals surface area contributed by atoms with Gasteiger partial charge in [-0.05, 0) is 56.8 Å². The lowest BCUT2D eigenvalue weighted by molar-refractivity contribution is 0.137. The van der Waals surface area contributed by atoms with E-state index in [9.17, 15) is 5.11 Å². The zero-order chi connectivity index (χ0) is 19.8. The van der Waals surface area contributed by atoms with Gasteiger partial charge in [-0.1, -0.05) is 12.1 Å². The molecule has 29 heavy (non-hydrogen) atoms. The highest BCUT2D eigenvalue weighted by atomic mass is 16.3. The van der Waals surface area contributed by atoms with Crippen LogP contribution in [0.25, 0.3) is 10.9 Å². The molecule has 1 fully saturated rings. The average molecular weight is 392 g/mol. The SMILES string of the molecule is Cc1nc(NCCO)c2c(n1)C1(CCCN(Cc3cccc4[nH]ccc34)C1)CC2. The second kappa shape index (κ2) is 7.43. The fourth-order valence-corrected chi connectivity index (χ4v) is 5.36. The summed E-state index contributed by atoms with van der Waals surface area (Å²) < 4.78 is 0. The van der Waals surface area contributed by atoms with Gasteiger partial charge in [0.15, 0.2) is 0 Å². The molecule has 6 nitrogen and oxygen atoms in total. The van der Waals surface area contributed by atoms with Gasteiger partial charge in [-0.3, -0.25) is 4.90 Å². The van der Waals surface area contributed by atoms with Crippen molar-refractivity contribution in [1.82, 2.24) is 19.9 Å². The Morgan fingerprint density at radius 2 is 2.17 bits per heavy atom. The molecule has 6 heteroatoms. The summed E-state index contributed by atoms with van der Waals surface area (Å²) in [5.41, 5.74) is 5.24. The molecule has 1 aromatic carbocycles. The minimum Gasteiger partial charge on any atom is -0.395 e. The molecule has 0 radical (unpaired) electrons. The van der Waals surface area contributed by atoms with Crippen molar-refractivity contribution in [2.24, 2.45) is 0 Å². The molecule has 3 aromatic rings. The van der Waals surface area contributed by atoms with Gasteiger partial charge >= 0.3 is 0 Å². The summed E-state index contributed by atoms with van der Waals surface area (Å²) in [6.45, 7) is 5.79. The molecule has 0 saturated carbocycles. The molecule has 2 aliphatic rings. The summed E-state index contributed by atoms with van der Waals surface area (Å²) in [7, 11) is 0. The Morgan fingerprint density at radius 1 is 1.24 bits per heavy atom. The predicted molar refractivity (Wildman–Crippen MR) is 115 cm³/mol. The molecule has 3 N–H and O–H groups in total. The van der Waals surface area contributed by atoms with Crippen LogP contribution in [-0.4, -0.2) is 51.2 Å². The van der Waals surface area contributed by atoms with Gasteiger partial charge in [0.1, 0.15) is 11.6 Å². The number of likely N-dealkylation sites (tertiary alicyclic amines) is 1. The minimum absolute atomic E-state index is 0.113. The summed E-state index contributed by atoms with van der Waals surface area (Å²) in [5.74, 6) is 1.74. The van der Waals surface area contributed by atoms with E-state index in [0.29, 0.717) is 6.54 Å². The normalized spacial score (nSPS) is 21.7. The largest absolute Gasteiger partial charge is 0.395 e. The quantitative estimate of drug-likeness (QED) is 0.623. The van der Waals surface area contributed by atoms with Gasteiger partial charge in [-0.25, -0.2) is 9.97 Å². The average Bonchev–Trinajstić information content (AvgIpc) is 3.33. The van der Waals surface area contributed by atoms with E-state index < -0.39 is 0 Å². The molecular weight excluding hydrogens is 362 g/mol. The maximum atomic E-state index is 9.21. The van der Waals surface area contributed by atoms with Gasteiger partial charge in [0, 0.05) is 47.7 Å². The lowest BCUT2D eigenvalue weighted by atomic mass is 9.77. The number of H-pyrrole nitrogens is 1. The maximum absolute atomic E-state index is 9.21. The zero-order valence-electron chi connectivity index (χ0n) is 17.0. The summed E-state index contributed by atoms with van der Waals surface area (Å²) in [5, 5.41) is 13.8. The van der Waals surface area contributed by atoms with Gasteiger partial charge in [0.25, 0.3) is 0 Å². The fourth-order valence-electron chi connectivity index (χ4n) is 5.36. The molecule has 1 aliphatic carbocycles. The molecule has 1 spiro atoms. The standard InChI is InChI=1S/C23H29N5O/c1-16-26-21-19(22(27-16)25-11-13-29)6-9-23(21)8-3-12-28(15-23)14-17-4-2-5-20-18(17)7-10-24-20/h2,4-5,7,10,24,29H,3,6,8-9,11-15H2,1H3,(H,25,26,27). The predicted octanol–water partition coefficient (Wildman–Crippen LogP) is 3.15. The van der Waals surface area contributed by atoms with Crippen LogP contribution in [0, 0.1) is 6.92 Å². The number of aryl methyl sites for hydroxylation is 1. The Bertz CT molecular complexity index is 1030. The molecular formula is C23H29N5O. The number of hydrogen-bond acceptors (Lipinski definition) is 5. The number of aliphatic hydroxyl groups excluding tert-OH is 1. The number of benzene rings is 1. The minimum atomic E-state index is 0.113. The van der Waals surface area contributed by atoms with E-state index in [2.05, 4.69) is 44.5 Å². The molecule has 1 aliphatic heterocycles. The van der Waals surface area contributed by atoms with Crippen LogP contribution in [-0.2, 0) is 18.4 Å². The summed E-state index contributed by atoms with van der Waals surface area (Å²) >= 11 is 0. The summed E-state index contributed by atoms with van der Waals surface area (Å²) in [6, 6.07) is 8.73. The van der Waals surface area contributed by atoms with Crippen LogP contribution >= 0.6 is 0 Å². The zero-order valence-corrected chi connectivity index (χ0v) is 17.0. The topological polar surface area (TPSA) is 77.1 Å². The first-order valence-corrected chi connectivity index (χ1v) is 10.7. The molecule has 0 bridgehead atoms.